The van der Waals surface area contributed by atoms with Gasteiger partial charge in [-0.05, 0) is 18.1 Å². The predicted molar refractivity (Wildman–Crippen MR) is 110 cm³/mol. The number of aromatic hydroxyl groups is 1. The number of carbonyl (C=O) groups is 2. The van der Waals surface area contributed by atoms with E-state index in [9.17, 15) is 14.7 Å². The van der Waals surface area contributed by atoms with Crippen molar-refractivity contribution in [2.45, 2.75) is 25.8 Å². The number of rotatable bonds is 5. The van der Waals surface area contributed by atoms with Crippen LogP contribution in [-0.4, -0.2) is 48.6 Å². The van der Waals surface area contributed by atoms with E-state index in [1.54, 1.807) is 7.05 Å². The molecule has 2 N–H and O–H groups in total. The van der Waals surface area contributed by atoms with Gasteiger partial charge in [-0.1, -0.05) is 46.3 Å². The van der Waals surface area contributed by atoms with E-state index < -0.39 is 6.04 Å². The lowest BCUT2D eigenvalue weighted by Gasteiger charge is -2.31. The molecule has 1 aliphatic rings. The summed E-state index contributed by atoms with van der Waals surface area (Å²) in [6, 6.07) is 9.08. The molecule has 1 aliphatic heterocycles. The molecule has 1 fully saturated rings. The monoisotopic (exact) mass is 446 g/mol. The van der Waals surface area contributed by atoms with Crippen LogP contribution in [0.25, 0.3) is 0 Å². The Morgan fingerprint density at radius 3 is 2.57 bits per heavy atom. The van der Waals surface area contributed by atoms with Gasteiger partial charge in [0.15, 0.2) is 11.5 Å². The fraction of sp³-hybridized carbons (Fsp3) is 0.333. The van der Waals surface area contributed by atoms with Crippen LogP contribution < -0.4 is 10.1 Å². The maximum atomic E-state index is 12.6. The number of nitrogens with zero attached hydrogens (tertiary/aromatic N) is 1. The molecule has 0 aromatic heterocycles. The van der Waals surface area contributed by atoms with E-state index in [-0.39, 0.29) is 30.5 Å². The lowest BCUT2D eigenvalue weighted by atomic mass is 9.91. The van der Waals surface area contributed by atoms with Crippen molar-refractivity contribution in [2.24, 2.45) is 0 Å². The lowest BCUT2D eigenvalue weighted by molar-refractivity contribution is -0.142. The van der Waals surface area contributed by atoms with Crippen LogP contribution >= 0.6 is 15.9 Å². The number of phenolic OH excluding ortho intramolecular Hbond substituents is 1. The molecule has 1 unspecified atom stereocenters. The summed E-state index contributed by atoms with van der Waals surface area (Å²) in [4.78, 5) is 25.9. The number of carbonyl (C=O) groups excluding carboxylic acids is 2. The second kappa shape index (κ2) is 8.22. The molecule has 7 heteroatoms. The third kappa shape index (κ3) is 3.85. The number of amides is 2. The van der Waals surface area contributed by atoms with Crippen molar-refractivity contribution in [3.63, 3.8) is 0 Å². The van der Waals surface area contributed by atoms with Crippen molar-refractivity contribution >= 4 is 27.7 Å². The Morgan fingerprint density at radius 2 is 1.93 bits per heavy atom. The summed E-state index contributed by atoms with van der Waals surface area (Å²) in [6.07, 6.45) is 0.748. The Hall–Kier alpha value is -2.54. The first-order chi connectivity index (χ1) is 13.3. The van der Waals surface area contributed by atoms with Gasteiger partial charge in [0, 0.05) is 35.5 Å². The molecule has 28 heavy (non-hydrogen) atoms. The van der Waals surface area contributed by atoms with Gasteiger partial charge < -0.3 is 20.1 Å². The van der Waals surface area contributed by atoms with Crippen molar-refractivity contribution in [3.8, 4) is 11.5 Å². The minimum atomic E-state index is -0.677. The maximum Gasteiger partial charge on any atom is 0.245 e. The molecule has 2 aromatic rings. The number of methoxy groups -OCH3 is 1. The Labute approximate surface area is 172 Å². The summed E-state index contributed by atoms with van der Waals surface area (Å²) in [5.74, 6) is 0.120. The third-order valence-electron chi connectivity index (χ3n) is 5.03. The Balaban J connectivity index is 2.08. The van der Waals surface area contributed by atoms with Crippen molar-refractivity contribution in [2.75, 3.05) is 20.7 Å². The highest BCUT2D eigenvalue weighted by Gasteiger charge is 2.33. The SMILES string of the molecule is COc1c(C)c(Br)c(CC2NC(=O)CN(C)C2=O)c(Cc2ccccc2)c1O. The standard InChI is InChI=1S/C21H23BrN2O4/c1-12-18(22)14(10-16-21(27)24(2)11-17(25)23-16)15(19(26)20(12)28-3)9-13-7-5-4-6-8-13/h4-8,16,26H,9-11H2,1-3H3,(H,23,25). The van der Waals surface area contributed by atoms with Gasteiger partial charge in [0.05, 0.1) is 13.7 Å². The lowest BCUT2D eigenvalue weighted by Crippen LogP contribution is -2.57. The molecular formula is C21H23BrN2O4. The molecule has 1 heterocycles. The first-order valence-corrected chi connectivity index (χ1v) is 9.77. The number of nitrogens with one attached hydrogen (secondary N) is 1. The molecule has 2 amide bonds. The van der Waals surface area contributed by atoms with Crippen molar-refractivity contribution in [1.29, 1.82) is 0 Å². The number of phenols is 1. The second-order valence-corrected chi connectivity index (χ2v) is 7.75. The fourth-order valence-electron chi connectivity index (χ4n) is 3.57. The van der Waals surface area contributed by atoms with Crippen LogP contribution in [0.5, 0.6) is 11.5 Å². The molecule has 0 spiro atoms. The summed E-state index contributed by atoms with van der Waals surface area (Å²) in [5.41, 5.74) is 3.23. The Kier molecular flexibility index (Phi) is 5.93. The molecule has 1 saturated heterocycles. The molecule has 6 nitrogen and oxygen atoms in total. The van der Waals surface area contributed by atoms with Gasteiger partial charge in [-0.2, -0.15) is 0 Å². The summed E-state index contributed by atoms with van der Waals surface area (Å²) in [6.45, 7) is 1.89. The highest BCUT2D eigenvalue weighted by Crippen LogP contribution is 2.43. The molecule has 0 radical (unpaired) electrons. The normalized spacial score (nSPS) is 16.9. The molecule has 148 valence electrons. The van der Waals surface area contributed by atoms with Gasteiger partial charge in [0.1, 0.15) is 6.04 Å². The zero-order chi connectivity index (χ0) is 20.4. The highest BCUT2D eigenvalue weighted by molar-refractivity contribution is 9.10. The second-order valence-electron chi connectivity index (χ2n) is 6.96. The fourth-order valence-corrected chi connectivity index (χ4v) is 4.15. The zero-order valence-corrected chi connectivity index (χ0v) is 17.7. The largest absolute Gasteiger partial charge is 0.504 e. The number of piperazine rings is 1. The Bertz CT molecular complexity index is 915. The third-order valence-corrected chi connectivity index (χ3v) is 6.10. The zero-order valence-electron chi connectivity index (χ0n) is 16.1. The van der Waals surface area contributed by atoms with E-state index in [2.05, 4.69) is 21.2 Å². The summed E-state index contributed by atoms with van der Waals surface area (Å²) in [5, 5.41) is 13.7. The first-order valence-electron chi connectivity index (χ1n) is 8.98. The van der Waals surface area contributed by atoms with Crippen LogP contribution in [0.15, 0.2) is 34.8 Å². The smallest absolute Gasteiger partial charge is 0.245 e. The summed E-state index contributed by atoms with van der Waals surface area (Å²) >= 11 is 3.62. The number of ether oxygens (including phenoxy) is 1. The van der Waals surface area contributed by atoms with Gasteiger partial charge in [-0.25, -0.2) is 0 Å². The van der Waals surface area contributed by atoms with E-state index in [0.717, 1.165) is 21.2 Å². The average Bonchev–Trinajstić information content (AvgIpc) is 2.67. The van der Waals surface area contributed by atoms with Gasteiger partial charge in [0.2, 0.25) is 11.8 Å². The molecule has 3 rings (SSSR count). The summed E-state index contributed by atoms with van der Waals surface area (Å²) < 4.78 is 6.18. The van der Waals surface area contributed by atoms with E-state index in [1.165, 1.54) is 12.0 Å². The minimum Gasteiger partial charge on any atom is -0.504 e. The average molecular weight is 447 g/mol. The first kappa shape index (κ1) is 20.2. The van der Waals surface area contributed by atoms with Crippen LogP contribution in [-0.2, 0) is 22.4 Å². The number of likely N-dealkylation sites (N-methyl/N-ethyl adjacent to an activating group) is 1. The van der Waals surface area contributed by atoms with Crippen LogP contribution in [0.2, 0.25) is 0 Å². The topological polar surface area (TPSA) is 78.9 Å². The van der Waals surface area contributed by atoms with Crippen LogP contribution in [0.4, 0.5) is 0 Å². The molecule has 0 aliphatic carbocycles. The maximum absolute atomic E-state index is 12.6. The van der Waals surface area contributed by atoms with E-state index in [1.807, 2.05) is 37.3 Å². The van der Waals surface area contributed by atoms with Crippen molar-refractivity contribution < 1.29 is 19.4 Å². The van der Waals surface area contributed by atoms with Gasteiger partial charge in [-0.15, -0.1) is 0 Å². The van der Waals surface area contributed by atoms with E-state index >= 15 is 0 Å². The molecule has 0 bridgehead atoms. The van der Waals surface area contributed by atoms with Crippen LogP contribution in [0.1, 0.15) is 22.3 Å². The van der Waals surface area contributed by atoms with E-state index in [0.29, 0.717) is 17.7 Å². The molecule has 1 atom stereocenters. The molecule has 2 aromatic carbocycles. The van der Waals surface area contributed by atoms with Gasteiger partial charge in [-0.3, -0.25) is 9.59 Å². The number of hydrogen-bond donors (Lipinski definition) is 2. The van der Waals surface area contributed by atoms with Crippen LogP contribution in [0, 0.1) is 6.92 Å². The van der Waals surface area contributed by atoms with Gasteiger partial charge in [0.25, 0.3) is 0 Å². The van der Waals surface area contributed by atoms with Crippen molar-refractivity contribution in [3.05, 3.63) is 57.1 Å². The molecule has 0 saturated carbocycles. The summed E-state index contributed by atoms with van der Waals surface area (Å²) in [7, 11) is 3.13. The van der Waals surface area contributed by atoms with Gasteiger partial charge >= 0.3 is 0 Å². The Morgan fingerprint density at radius 1 is 1.25 bits per heavy atom. The number of benzene rings is 2. The van der Waals surface area contributed by atoms with Crippen LogP contribution in [0.3, 0.4) is 0 Å². The minimum absolute atomic E-state index is 0.0558. The quantitative estimate of drug-likeness (QED) is 0.739. The predicted octanol–water partition coefficient (Wildman–Crippen LogP) is 2.56. The number of hydrogen-bond acceptors (Lipinski definition) is 4. The van der Waals surface area contributed by atoms with Crippen molar-refractivity contribution in [1.82, 2.24) is 10.2 Å². The highest BCUT2D eigenvalue weighted by atomic mass is 79.9. The van der Waals surface area contributed by atoms with E-state index in [4.69, 9.17) is 4.74 Å². The molecular weight excluding hydrogens is 424 g/mol. The number of halogens is 1.